The van der Waals surface area contributed by atoms with Crippen LogP contribution in [0.25, 0.3) is 10.9 Å². The maximum Gasteiger partial charge on any atom is 0.433 e. The number of nitro groups is 1. The molecule has 3 aromatic rings. The van der Waals surface area contributed by atoms with Gasteiger partial charge in [-0.05, 0) is 30.3 Å². The zero-order valence-corrected chi connectivity index (χ0v) is 12.0. The van der Waals surface area contributed by atoms with Gasteiger partial charge >= 0.3 is 5.88 Å². The fourth-order valence-electron chi connectivity index (χ4n) is 2.15. The van der Waals surface area contributed by atoms with Crippen LogP contribution >= 0.6 is 0 Å². The summed E-state index contributed by atoms with van der Waals surface area (Å²) in [4.78, 5) is 26.3. The first-order chi connectivity index (χ1) is 11.1. The summed E-state index contributed by atoms with van der Waals surface area (Å²) in [6, 6.07) is 9.23. The summed E-state index contributed by atoms with van der Waals surface area (Å²) in [5.41, 5.74) is 1.09. The number of furan rings is 1. The van der Waals surface area contributed by atoms with E-state index >= 15 is 0 Å². The summed E-state index contributed by atoms with van der Waals surface area (Å²) in [5, 5.41) is 13.9. The van der Waals surface area contributed by atoms with E-state index in [-0.39, 0.29) is 5.76 Å². The van der Waals surface area contributed by atoms with E-state index in [0.29, 0.717) is 22.3 Å². The third-order valence-corrected chi connectivity index (χ3v) is 3.20. The van der Waals surface area contributed by atoms with Crippen molar-refractivity contribution >= 4 is 28.4 Å². The molecule has 2 heterocycles. The highest BCUT2D eigenvalue weighted by atomic mass is 16.6. The molecule has 0 spiro atoms. The van der Waals surface area contributed by atoms with Crippen molar-refractivity contribution in [2.45, 2.75) is 0 Å². The molecule has 116 valence electrons. The number of rotatable bonds is 4. The lowest BCUT2D eigenvalue weighted by molar-refractivity contribution is -0.402. The molecular weight excluding hydrogens is 302 g/mol. The average Bonchev–Trinajstić information content (AvgIpc) is 3.05. The van der Waals surface area contributed by atoms with E-state index in [0.717, 1.165) is 6.07 Å². The molecule has 3 rings (SSSR count). The Hall–Kier alpha value is -3.42. The van der Waals surface area contributed by atoms with Crippen molar-refractivity contribution in [2.24, 2.45) is 0 Å². The molecule has 0 aliphatic rings. The number of anilines is 1. The highest BCUT2D eigenvalue weighted by Gasteiger charge is 2.18. The summed E-state index contributed by atoms with van der Waals surface area (Å²) >= 11 is 0. The van der Waals surface area contributed by atoms with Crippen molar-refractivity contribution in [3.8, 4) is 5.75 Å². The third-order valence-electron chi connectivity index (χ3n) is 3.20. The van der Waals surface area contributed by atoms with Gasteiger partial charge in [-0.2, -0.15) is 0 Å². The van der Waals surface area contributed by atoms with Gasteiger partial charge in [0.15, 0.2) is 5.76 Å². The Bertz CT molecular complexity index is 903. The number of methoxy groups -OCH3 is 1. The quantitative estimate of drug-likeness (QED) is 0.586. The first-order valence-electron chi connectivity index (χ1n) is 6.57. The molecular formula is C15H11N3O5. The predicted molar refractivity (Wildman–Crippen MR) is 81.6 cm³/mol. The number of carbonyl (C=O) groups excluding carboxylic acids is 1. The first kappa shape index (κ1) is 14.5. The number of hydrogen-bond acceptors (Lipinski definition) is 6. The van der Waals surface area contributed by atoms with Crippen LogP contribution in [0.15, 0.2) is 47.0 Å². The Balaban J connectivity index is 1.95. The summed E-state index contributed by atoms with van der Waals surface area (Å²) in [6.45, 7) is 0. The normalized spacial score (nSPS) is 10.5. The fourth-order valence-corrected chi connectivity index (χ4v) is 2.15. The van der Waals surface area contributed by atoms with Crippen molar-refractivity contribution in [3.63, 3.8) is 0 Å². The molecule has 1 aromatic carbocycles. The van der Waals surface area contributed by atoms with Crippen molar-refractivity contribution in [1.29, 1.82) is 0 Å². The van der Waals surface area contributed by atoms with Gasteiger partial charge < -0.3 is 14.5 Å². The lowest BCUT2D eigenvalue weighted by atomic mass is 10.1. The van der Waals surface area contributed by atoms with Crippen LogP contribution in [0.2, 0.25) is 0 Å². The lowest BCUT2D eigenvalue weighted by Gasteiger charge is -2.10. The van der Waals surface area contributed by atoms with Gasteiger partial charge in [-0.25, -0.2) is 0 Å². The lowest BCUT2D eigenvalue weighted by Crippen LogP contribution is -2.11. The SMILES string of the molecule is COc1ccc(NC(=O)c2ccc([N+](=O)[O-])o2)c2cccnc12. The van der Waals surface area contributed by atoms with Crippen LogP contribution in [0.1, 0.15) is 10.6 Å². The van der Waals surface area contributed by atoms with E-state index in [2.05, 4.69) is 10.3 Å². The number of pyridine rings is 1. The third kappa shape index (κ3) is 2.69. The molecule has 0 aliphatic heterocycles. The van der Waals surface area contributed by atoms with Crippen molar-refractivity contribution in [1.82, 2.24) is 4.98 Å². The number of ether oxygens (including phenoxy) is 1. The highest BCUT2D eigenvalue weighted by molar-refractivity contribution is 6.08. The molecule has 2 aromatic heterocycles. The standard InChI is InChI=1S/C15H11N3O5/c1-22-11-5-4-10(9-3-2-8-16-14(9)11)17-15(19)12-6-7-13(23-12)18(20)21/h2-8H,1H3,(H,17,19). The zero-order valence-electron chi connectivity index (χ0n) is 12.0. The molecule has 1 N–H and O–H groups in total. The second-order valence-electron chi connectivity index (χ2n) is 4.56. The molecule has 0 radical (unpaired) electrons. The van der Waals surface area contributed by atoms with E-state index in [9.17, 15) is 14.9 Å². The van der Waals surface area contributed by atoms with Crippen molar-refractivity contribution in [3.05, 3.63) is 58.5 Å². The number of nitrogens with zero attached hydrogens (tertiary/aromatic N) is 2. The number of hydrogen-bond donors (Lipinski definition) is 1. The molecule has 8 nitrogen and oxygen atoms in total. The Labute approximate surface area is 129 Å². The number of fused-ring (bicyclic) bond motifs is 1. The molecule has 8 heteroatoms. The predicted octanol–water partition coefficient (Wildman–Crippen LogP) is 3.00. The van der Waals surface area contributed by atoms with Gasteiger partial charge in [0.2, 0.25) is 0 Å². The van der Waals surface area contributed by atoms with Gasteiger partial charge in [0, 0.05) is 11.6 Å². The molecule has 0 saturated carbocycles. The van der Waals surface area contributed by atoms with Crippen molar-refractivity contribution in [2.75, 3.05) is 12.4 Å². The minimum absolute atomic E-state index is 0.149. The van der Waals surface area contributed by atoms with Crippen LogP contribution in [0, 0.1) is 10.1 Å². The smallest absolute Gasteiger partial charge is 0.433 e. The Morgan fingerprint density at radius 1 is 1.30 bits per heavy atom. The van der Waals surface area contributed by atoms with Crippen LogP contribution in [0.4, 0.5) is 11.6 Å². The average molecular weight is 313 g/mol. The van der Waals surface area contributed by atoms with E-state index in [1.807, 2.05) is 0 Å². The Kier molecular flexibility index (Phi) is 3.63. The van der Waals surface area contributed by atoms with Gasteiger partial charge in [0.1, 0.15) is 16.2 Å². The number of nitrogens with one attached hydrogen (secondary N) is 1. The topological polar surface area (TPSA) is 108 Å². The monoisotopic (exact) mass is 313 g/mol. The summed E-state index contributed by atoms with van der Waals surface area (Å²) < 4.78 is 10.1. The summed E-state index contributed by atoms with van der Waals surface area (Å²) in [5.74, 6) is -0.651. The molecule has 23 heavy (non-hydrogen) atoms. The van der Waals surface area contributed by atoms with Crippen molar-refractivity contribution < 1.29 is 18.9 Å². The summed E-state index contributed by atoms with van der Waals surface area (Å²) in [6.07, 6.45) is 1.62. The molecule has 0 saturated heterocycles. The molecule has 0 atom stereocenters. The van der Waals surface area contributed by atoms with Gasteiger partial charge in [0.25, 0.3) is 5.91 Å². The first-order valence-corrected chi connectivity index (χ1v) is 6.57. The molecule has 0 fully saturated rings. The minimum Gasteiger partial charge on any atom is -0.494 e. The van der Waals surface area contributed by atoms with E-state index in [4.69, 9.17) is 9.15 Å². The number of amides is 1. The molecule has 0 aliphatic carbocycles. The van der Waals surface area contributed by atoms with Crippen LogP contribution < -0.4 is 10.1 Å². The minimum atomic E-state index is -0.705. The van der Waals surface area contributed by atoms with Crippen LogP contribution in [-0.2, 0) is 0 Å². The second-order valence-corrected chi connectivity index (χ2v) is 4.56. The van der Waals surface area contributed by atoms with Gasteiger partial charge in [-0.3, -0.25) is 19.9 Å². The van der Waals surface area contributed by atoms with E-state index < -0.39 is 16.7 Å². The summed E-state index contributed by atoms with van der Waals surface area (Å²) in [7, 11) is 1.53. The Morgan fingerprint density at radius 3 is 2.83 bits per heavy atom. The largest absolute Gasteiger partial charge is 0.494 e. The molecule has 1 amide bonds. The number of carbonyl (C=O) groups is 1. The fraction of sp³-hybridized carbons (Fsp3) is 0.0667. The number of benzene rings is 1. The van der Waals surface area contributed by atoms with Gasteiger partial charge in [0.05, 0.1) is 18.9 Å². The molecule has 0 bridgehead atoms. The molecule has 0 unspecified atom stereocenters. The van der Waals surface area contributed by atoms with Crippen LogP contribution in [0.3, 0.4) is 0 Å². The number of aromatic nitrogens is 1. The second kappa shape index (κ2) is 5.76. The Morgan fingerprint density at radius 2 is 2.13 bits per heavy atom. The highest BCUT2D eigenvalue weighted by Crippen LogP contribution is 2.30. The maximum atomic E-state index is 12.2. The zero-order chi connectivity index (χ0) is 16.4. The van der Waals surface area contributed by atoms with Crippen LogP contribution in [0.5, 0.6) is 5.75 Å². The van der Waals surface area contributed by atoms with Gasteiger partial charge in [-0.15, -0.1) is 0 Å². The maximum absolute atomic E-state index is 12.2. The van der Waals surface area contributed by atoms with E-state index in [1.54, 1.807) is 30.5 Å². The van der Waals surface area contributed by atoms with Gasteiger partial charge in [-0.1, -0.05) is 0 Å². The van der Waals surface area contributed by atoms with E-state index in [1.165, 1.54) is 13.2 Å². The van der Waals surface area contributed by atoms with Crippen LogP contribution in [-0.4, -0.2) is 22.9 Å².